The number of non-ortho nitro benzene ring substituents is 1. The fraction of sp³-hybridized carbons (Fsp3) is 0.231. The van der Waals surface area contributed by atoms with Crippen molar-refractivity contribution in [3.8, 4) is 0 Å². The summed E-state index contributed by atoms with van der Waals surface area (Å²) in [5.74, 6) is -1.60. The van der Waals surface area contributed by atoms with Gasteiger partial charge in [-0.2, -0.15) is 0 Å². The van der Waals surface area contributed by atoms with Crippen molar-refractivity contribution in [2.24, 2.45) is 0 Å². The molecule has 35 heavy (non-hydrogen) atoms. The molecule has 180 valence electrons. The lowest BCUT2D eigenvalue weighted by atomic mass is 10.0. The van der Waals surface area contributed by atoms with E-state index in [2.05, 4.69) is 27.7 Å². The van der Waals surface area contributed by atoms with Crippen LogP contribution in [-0.2, 0) is 16.0 Å². The number of anilines is 3. The first-order valence-electron chi connectivity index (χ1n) is 11.3. The standard InChI is InChI=1S/C26H27N5O4/c1-29(2)21-11-7-19(8-12-21)24(30-16-15-18-5-3-4-6-23(18)30)17-27-25(32)26(33)28-20-9-13-22(14-10-20)31(34)35/h3-14,24H,15-17H2,1-2H3,(H,27,32)(H,28,33)/t24-/m1/s1. The van der Waals surface area contributed by atoms with E-state index < -0.39 is 16.7 Å². The molecule has 4 rings (SSSR count). The van der Waals surface area contributed by atoms with Gasteiger partial charge in [-0.25, -0.2) is 0 Å². The minimum Gasteiger partial charge on any atom is -0.378 e. The summed E-state index contributed by atoms with van der Waals surface area (Å²) in [4.78, 5) is 39.6. The normalized spacial score (nSPS) is 13.0. The average molecular weight is 474 g/mol. The van der Waals surface area contributed by atoms with Gasteiger partial charge in [0.1, 0.15) is 0 Å². The van der Waals surface area contributed by atoms with Crippen LogP contribution in [0.15, 0.2) is 72.8 Å². The predicted octanol–water partition coefficient (Wildman–Crippen LogP) is 3.52. The molecule has 9 heteroatoms. The van der Waals surface area contributed by atoms with E-state index in [1.165, 1.54) is 29.8 Å². The molecule has 2 N–H and O–H groups in total. The molecule has 1 aliphatic rings. The van der Waals surface area contributed by atoms with E-state index in [4.69, 9.17) is 0 Å². The Morgan fingerprint density at radius 3 is 2.34 bits per heavy atom. The number of fused-ring (bicyclic) bond motifs is 1. The first-order valence-corrected chi connectivity index (χ1v) is 11.3. The number of hydrogen-bond acceptors (Lipinski definition) is 6. The van der Waals surface area contributed by atoms with Crippen LogP contribution in [0.4, 0.5) is 22.7 Å². The lowest BCUT2D eigenvalue weighted by Crippen LogP contribution is -2.41. The lowest BCUT2D eigenvalue weighted by molar-refractivity contribution is -0.384. The van der Waals surface area contributed by atoms with Crippen LogP contribution in [0.3, 0.4) is 0 Å². The van der Waals surface area contributed by atoms with Crippen molar-refractivity contribution in [3.63, 3.8) is 0 Å². The van der Waals surface area contributed by atoms with Crippen molar-refractivity contribution in [2.75, 3.05) is 42.3 Å². The maximum Gasteiger partial charge on any atom is 0.313 e. The van der Waals surface area contributed by atoms with Crippen molar-refractivity contribution in [3.05, 3.63) is 94.0 Å². The number of nitrogens with one attached hydrogen (secondary N) is 2. The van der Waals surface area contributed by atoms with Crippen LogP contribution >= 0.6 is 0 Å². The van der Waals surface area contributed by atoms with Crippen LogP contribution in [0, 0.1) is 10.1 Å². The zero-order chi connectivity index (χ0) is 24.9. The van der Waals surface area contributed by atoms with Crippen LogP contribution in [0.25, 0.3) is 0 Å². The molecule has 1 atom stereocenters. The van der Waals surface area contributed by atoms with E-state index in [0.29, 0.717) is 5.69 Å². The summed E-state index contributed by atoms with van der Waals surface area (Å²) in [6, 6.07) is 21.5. The number of benzene rings is 3. The number of carbonyl (C=O) groups is 2. The fourth-order valence-electron chi connectivity index (χ4n) is 4.21. The SMILES string of the molecule is CN(C)c1ccc([C@@H](CNC(=O)C(=O)Nc2ccc([N+](=O)[O-])cc2)N2CCc3ccccc32)cc1. The number of nitro groups is 1. The molecule has 0 radical (unpaired) electrons. The van der Waals surface area contributed by atoms with E-state index in [1.54, 1.807) is 0 Å². The maximum absolute atomic E-state index is 12.6. The van der Waals surface area contributed by atoms with Gasteiger partial charge in [0.2, 0.25) is 0 Å². The number of nitro benzene ring substituents is 1. The summed E-state index contributed by atoms with van der Waals surface area (Å²) < 4.78 is 0. The Hall–Kier alpha value is -4.40. The van der Waals surface area contributed by atoms with Crippen LogP contribution < -0.4 is 20.4 Å². The van der Waals surface area contributed by atoms with Gasteiger partial charge in [-0.05, 0) is 47.9 Å². The number of para-hydroxylation sites is 1. The van der Waals surface area contributed by atoms with E-state index in [9.17, 15) is 19.7 Å². The minimum atomic E-state index is -0.831. The molecule has 0 saturated heterocycles. The summed E-state index contributed by atoms with van der Waals surface area (Å²) >= 11 is 0. The predicted molar refractivity (Wildman–Crippen MR) is 136 cm³/mol. The highest BCUT2D eigenvalue weighted by molar-refractivity contribution is 6.39. The second kappa shape index (κ2) is 10.3. The lowest BCUT2D eigenvalue weighted by Gasteiger charge is -2.31. The van der Waals surface area contributed by atoms with E-state index in [-0.39, 0.29) is 18.3 Å². The third-order valence-corrected chi connectivity index (χ3v) is 6.09. The van der Waals surface area contributed by atoms with Crippen molar-refractivity contribution in [2.45, 2.75) is 12.5 Å². The second-order valence-corrected chi connectivity index (χ2v) is 8.54. The van der Waals surface area contributed by atoms with Crippen LogP contribution in [0.2, 0.25) is 0 Å². The maximum atomic E-state index is 12.6. The Morgan fingerprint density at radius 1 is 1.00 bits per heavy atom. The number of hydrogen-bond donors (Lipinski definition) is 2. The van der Waals surface area contributed by atoms with Gasteiger partial charge < -0.3 is 20.4 Å². The van der Waals surface area contributed by atoms with Gasteiger partial charge in [-0.1, -0.05) is 30.3 Å². The van der Waals surface area contributed by atoms with Gasteiger partial charge in [0, 0.05) is 56.4 Å². The smallest absolute Gasteiger partial charge is 0.313 e. The molecular formula is C26H27N5O4. The van der Waals surface area contributed by atoms with Crippen LogP contribution in [0.5, 0.6) is 0 Å². The number of carbonyl (C=O) groups excluding carboxylic acids is 2. The molecule has 0 fully saturated rings. The van der Waals surface area contributed by atoms with E-state index in [0.717, 1.165) is 29.9 Å². The number of nitrogens with zero attached hydrogens (tertiary/aromatic N) is 3. The number of rotatable bonds is 7. The van der Waals surface area contributed by atoms with Crippen molar-refractivity contribution in [1.82, 2.24) is 5.32 Å². The summed E-state index contributed by atoms with van der Waals surface area (Å²) in [5, 5.41) is 16.0. The van der Waals surface area contributed by atoms with Gasteiger partial charge in [-0.15, -0.1) is 0 Å². The Labute approximate surface area is 203 Å². The molecule has 1 heterocycles. The van der Waals surface area contributed by atoms with Gasteiger partial charge in [0.05, 0.1) is 11.0 Å². The van der Waals surface area contributed by atoms with Crippen molar-refractivity contribution in [1.29, 1.82) is 0 Å². The summed E-state index contributed by atoms with van der Waals surface area (Å²) in [7, 11) is 3.96. The largest absolute Gasteiger partial charge is 0.378 e. The van der Waals surface area contributed by atoms with E-state index >= 15 is 0 Å². The first kappa shape index (κ1) is 23.7. The monoisotopic (exact) mass is 473 g/mol. The second-order valence-electron chi connectivity index (χ2n) is 8.54. The van der Waals surface area contributed by atoms with Gasteiger partial charge in [-0.3, -0.25) is 19.7 Å². The molecule has 0 spiro atoms. The highest BCUT2D eigenvalue weighted by Crippen LogP contribution is 2.35. The quantitative estimate of drug-likeness (QED) is 0.309. The Bertz CT molecular complexity index is 1230. The first-order chi connectivity index (χ1) is 16.8. The minimum absolute atomic E-state index is 0.0959. The molecule has 2 amide bonds. The molecule has 0 saturated carbocycles. The van der Waals surface area contributed by atoms with Gasteiger partial charge in [0.25, 0.3) is 5.69 Å². The zero-order valence-electron chi connectivity index (χ0n) is 19.6. The highest BCUT2D eigenvalue weighted by Gasteiger charge is 2.28. The van der Waals surface area contributed by atoms with Gasteiger partial charge in [0.15, 0.2) is 0 Å². The summed E-state index contributed by atoms with van der Waals surface area (Å²) in [5.41, 5.74) is 4.69. The van der Waals surface area contributed by atoms with Gasteiger partial charge >= 0.3 is 11.8 Å². The molecular weight excluding hydrogens is 446 g/mol. The Morgan fingerprint density at radius 2 is 1.69 bits per heavy atom. The third kappa shape index (κ3) is 5.40. The van der Waals surface area contributed by atoms with Crippen molar-refractivity contribution < 1.29 is 14.5 Å². The Balaban J connectivity index is 1.48. The molecule has 0 bridgehead atoms. The molecule has 3 aromatic rings. The third-order valence-electron chi connectivity index (χ3n) is 6.09. The van der Waals surface area contributed by atoms with E-state index in [1.807, 2.05) is 55.4 Å². The molecule has 0 aromatic heterocycles. The van der Waals surface area contributed by atoms with Crippen LogP contribution in [0.1, 0.15) is 17.2 Å². The summed E-state index contributed by atoms with van der Waals surface area (Å²) in [6.45, 7) is 1.05. The summed E-state index contributed by atoms with van der Waals surface area (Å²) in [6.07, 6.45) is 0.914. The molecule has 0 unspecified atom stereocenters. The fourth-order valence-corrected chi connectivity index (χ4v) is 4.21. The zero-order valence-corrected chi connectivity index (χ0v) is 19.6. The number of amides is 2. The van der Waals surface area contributed by atoms with Crippen LogP contribution in [-0.4, -0.2) is 43.9 Å². The Kier molecular flexibility index (Phi) is 6.96. The molecule has 9 nitrogen and oxygen atoms in total. The molecule has 1 aliphatic heterocycles. The molecule has 3 aromatic carbocycles. The highest BCUT2D eigenvalue weighted by atomic mass is 16.6. The molecule has 0 aliphatic carbocycles. The average Bonchev–Trinajstić information content (AvgIpc) is 3.28. The topological polar surface area (TPSA) is 108 Å². The van der Waals surface area contributed by atoms with Crippen molar-refractivity contribution >= 4 is 34.6 Å².